The zero-order valence-electron chi connectivity index (χ0n) is 11.4. The van der Waals surface area contributed by atoms with Gasteiger partial charge in [-0.25, -0.2) is 0 Å². The standard InChI is InChI=1S/C14H16F2N2O2S/c15-14(16)21-11-6-2-1-5-10(11)17-12(19)9-18-8-4-3-7-13(18)20/h1-2,5-6,14H,3-4,7-9H2,(H,17,19). The average Bonchev–Trinajstić information content (AvgIpc) is 2.43. The molecule has 1 N–H and O–H groups in total. The van der Waals surface area contributed by atoms with Gasteiger partial charge >= 0.3 is 0 Å². The summed E-state index contributed by atoms with van der Waals surface area (Å²) in [7, 11) is 0. The van der Waals surface area contributed by atoms with Crippen LogP contribution in [0.3, 0.4) is 0 Å². The number of carbonyl (C=O) groups is 2. The number of hydrogen-bond donors (Lipinski definition) is 1. The summed E-state index contributed by atoms with van der Waals surface area (Å²) < 4.78 is 24.9. The Labute approximate surface area is 125 Å². The first-order valence-corrected chi connectivity index (χ1v) is 7.55. The summed E-state index contributed by atoms with van der Waals surface area (Å²) in [5.41, 5.74) is 0.345. The summed E-state index contributed by atoms with van der Waals surface area (Å²) in [6.45, 7) is 0.534. The van der Waals surface area contributed by atoms with Crippen molar-refractivity contribution in [2.45, 2.75) is 29.9 Å². The number of nitrogens with one attached hydrogen (secondary N) is 1. The van der Waals surface area contributed by atoms with Crippen LogP contribution in [-0.2, 0) is 9.59 Å². The van der Waals surface area contributed by atoms with Crippen molar-refractivity contribution >= 4 is 29.3 Å². The summed E-state index contributed by atoms with van der Waals surface area (Å²) in [4.78, 5) is 25.4. The Morgan fingerprint density at radius 2 is 2.10 bits per heavy atom. The Morgan fingerprint density at radius 3 is 2.81 bits per heavy atom. The number of anilines is 1. The second-order valence-electron chi connectivity index (χ2n) is 4.70. The molecule has 1 aliphatic rings. The minimum atomic E-state index is -2.55. The van der Waals surface area contributed by atoms with Crippen molar-refractivity contribution in [3.05, 3.63) is 24.3 Å². The number of alkyl halides is 2. The Morgan fingerprint density at radius 1 is 1.33 bits per heavy atom. The highest BCUT2D eigenvalue weighted by Crippen LogP contribution is 2.31. The number of halogens is 2. The highest BCUT2D eigenvalue weighted by Gasteiger charge is 2.21. The molecule has 0 radical (unpaired) electrons. The third-order valence-corrected chi connectivity index (χ3v) is 3.92. The SMILES string of the molecule is O=C(CN1CCCCC1=O)Nc1ccccc1SC(F)F. The summed E-state index contributed by atoms with van der Waals surface area (Å²) in [5.74, 6) is -2.95. The number of benzene rings is 1. The smallest absolute Gasteiger partial charge is 0.288 e. The van der Waals surface area contributed by atoms with Crippen molar-refractivity contribution < 1.29 is 18.4 Å². The Balaban J connectivity index is 1.97. The fraction of sp³-hybridized carbons (Fsp3) is 0.429. The van der Waals surface area contributed by atoms with Gasteiger partial charge in [0, 0.05) is 17.9 Å². The van der Waals surface area contributed by atoms with Gasteiger partial charge in [-0.3, -0.25) is 9.59 Å². The molecule has 0 aliphatic carbocycles. The first-order valence-electron chi connectivity index (χ1n) is 6.68. The Kier molecular flexibility index (Phi) is 5.55. The van der Waals surface area contributed by atoms with E-state index in [4.69, 9.17) is 0 Å². The molecule has 1 aromatic rings. The topological polar surface area (TPSA) is 49.4 Å². The number of hydrogen-bond acceptors (Lipinski definition) is 3. The van der Waals surface area contributed by atoms with Crippen molar-refractivity contribution in [2.24, 2.45) is 0 Å². The fourth-order valence-corrected chi connectivity index (χ4v) is 2.76. The quantitative estimate of drug-likeness (QED) is 0.850. The molecule has 7 heteroatoms. The predicted octanol–water partition coefficient (Wildman–Crippen LogP) is 2.95. The van der Waals surface area contributed by atoms with Crippen LogP contribution < -0.4 is 5.32 Å². The molecule has 2 amide bonds. The molecule has 0 saturated carbocycles. The molecule has 4 nitrogen and oxygen atoms in total. The van der Waals surface area contributed by atoms with Gasteiger partial charge in [0.1, 0.15) is 0 Å². The van der Waals surface area contributed by atoms with Gasteiger partial charge in [-0.05, 0) is 25.0 Å². The average molecular weight is 314 g/mol. The molecular formula is C14H16F2N2O2S. The molecule has 1 saturated heterocycles. The van der Waals surface area contributed by atoms with Crippen molar-refractivity contribution in [1.82, 2.24) is 4.90 Å². The van der Waals surface area contributed by atoms with Gasteiger partial charge in [0.15, 0.2) is 0 Å². The van der Waals surface area contributed by atoms with Crippen LogP contribution in [0.4, 0.5) is 14.5 Å². The molecule has 2 rings (SSSR count). The van der Waals surface area contributed by atoms with E-state index < -0.39 is 5.76 Å². The van der Waals surface area contributed by atoms with Crippen LogP contribution in [-0.4, -0.2) is 35.6 Å². The summed E-state index contributed by atoms with van der Waals surface area (Å²) in [6, 6.07) is 6.39. The van der Waals surface area contributed by atoms with Crippen LogP contribution in [0.25, 0.3) is 0 Å². The summed E-state index contributed by atoms with van der Waals surface area (Å²) in [5, 5.41) is 2.60. The molecule has 1 aromatic carbocycles. The number of para-hydroxylation sites is 1. The van der Waals surface area contributed by atoms with E-state index in [1.54, 1.807) is 18.2 Å². The van der Waals surface area contributed by atoms with Gasteiger partial charge in [0.05, 0.1) is 12.2 Å². The van der Waals surface area contributed by atoms with Crippen LogP contribution in [0.15, 0.2) is 29.2 Å². The molecule has 0 atom stereocenters. The van der Waals surface area contributed by atoms with E-state index in [1.807, 2.05) is 0 Å². The second kappa shape index (κ2) is 7.40. The fourth-order valence-electron chi connectivity index (χ4n) is 2.16. The molecule has 1 fully saturated rings. The molecule has 0 spiro atoms. The zero-order valence-corrected chi connectivity index (χ0v) is 12.2. The van der Waals surface area contributed by atoms with Crippen LogP contribution >= 0.6 is 11.8 Å². The zero-order chi connectivity index (χ0) is 15.2. The predicted molar refractivity (Wildman–Crippen MR) is 77.4 cm³/mol. The van der Waals surface area contributed by atoms with Crippen LogP contribution in [0.5, 0.6) is 0 Å². The van der Waals surface area contributed by atoms with Gasteiger partial charge in [0.25, 0.3) is 5.76 Å². The third-order valence-electron chi connectivity index (χ3n) is 3.13. The number of rotatable bonds is 5. The van der Waals surface area contributed by atoms with Gasteiger partial charge in [-0.15, -0.1) is 0 Å². The van der Waals surface area contributed by atoms with Crippen molar-refractivity contribution in [2.75, 3.05) is 18.4 Å². The van der Waals surface area contributed by atoms with E-state index in [0.717, 1.165) is 12.8 Å². The lowest BCUT2D eigenvalue weighted by Crippen LogP contribution is -2.40. The van der Waals surface area contributed by atoms with Crippen LogP contribution in [0.2, 0.25) is 0 Å². The molecule has 1 aliphatic heterocycles. The summed E-state index contributed by atoms with van der Waals surface area (Å²) >= 11 is 0.385. The minimum Gasteiger partial charge on any atom is -0.333 e. The molecule has 21 heavy (non-hydrogen) atoms. The highest BCUT2D eigenvalue weighted by molar-refractivity contribution is 7.99. The van der Waals surface area contributed by atoms with Gasteiger partial charge in [0.2, 0.25) is 11.8 Å². The van der Waals surface area contributed by atoms with E-state index in [9.17, 15) is 18.4 Å². The Bertz CT molecular complexity index is 525. The van der Waals surface area contributed by atoms with Gasteiger partial charge < -0.3 is 10.2 Å². The van der Waals surface area contributed by atoms with E-state index in [1.165, 1.54) is 11.0 Å². The van der Waals surface area contributed by atoms with E-state index in [2.05, 4.69) is 5.32 Å². The number of thioether (sulfide) groups is 1. The first-order chi connectivity index (χ1) is 10.1. The van der Waals surface area contributed by atoms with Gasteiger partial charge in [-0.2, -0.15) is 8.78 Å². The third kappa shape index (κ3) is 4.70. The van der Waals surface area contributed by atoms with Crippen molar-refractivity contribution in [3.8, 4) is 0 Å². The number of nitrogens with zero attached hydrogens (tertiary/aromatic N) is 1. The molecular weight excluding hydrogens is 298 g/mol. The molecule has 0 aromatic heterocycles. The maximum Gasteiger partial charge on any atom is 0.288 e. The van der Waals surface area contributed by atoms with Crippen LogP contribution in [0, 0.1) is 0 Å². The number of carbonyl (C=O) groups excluding carboxylic acids is 2. The minimum absolute atomic E-state index is 0.0352. The molecule has 114 valence electrons. The lowest BCUT2D eigenvalue weighted by molar-refractivity contribution is -0.136. The van der Waals surface area contributed by atoms with E-state index in [-0.39, 0.29) is 18.4 Å². The normalized spacial score (nSPS) is 15.4. The summed E-state index contributed by atoms with van der Waals surface area (Å²) in [6.07, 6.45) is 2.20. The Hall–Kier alpha value is -1.63. The van der Waals surface area contributed by atoms with Crippen molar-refractivity contribution in [3.63, 3.8) is 0 Å². The molecule has 0 bridgehead atoms. The van der Waals surface area contributed by atoms with Crippen LogP contribution in [0.1, 0.15) is 19.3 Å². The highest BCUT2D eigenvalue weighted by atomic mass is 32.2. The lowest BCUT2D eigenvalue weighted by atomic mass is 10.1. The second-order valence-corrected chi connectivity index (χ2v) is 5.73. The number of likely N-dealkylation sites (tertiary alicyclic amines) is 1. The van der Waals surface area contributed by atoms with E-state index >= 15 is 0 Å². The van der Waals surface area contributed by atoms with Crippen molar-refractivity contribution in [1.29, 1.82) is 0 Å². The molecule has 0 unspecified atom stereocenters. The van der Waals surface area contributed by atoms with E-state index in [0.29, 0.717) is 35.3 Å². The number of amides is 2. The first kappa shape index (κ1) is 15.8. The maximum atomic E-state index is 12.5. The monoisotopic (exact) mass is 314 g/mol. The maximum absolute atomic E-state index is 12.5. The van der Waals surface area contributed by atoms with Gasteiger partial charge in [-0.1, -0.05) is 23.9 Å². The number of piperidine rings is 1. The molecule has 1 heterocycles. The largest absolute Gasteiger partial charge is 0.333 e. The lowest BCUT2D eigenvalue weighted by Gasteiger charge is -2.26.